The minimum atomic E-state index is -3.76. The molecular weight excluding hydrogens is 332 g/mol. The third-order valence-electron chi connectivity index (χ3n) is 2.56. The molecule has 0 atom stereocenters. The van der Waals surface area contributed by atoms with Gasteiger partial charge in [-0.2, -0.15) is 4.31 Å². The molecular formula is C12H17BrN2O3S. The van der Waals surface area contributed by atoms with Gasteiger partial charge in [0.2, 0.25) is 15.9 Å². The number of amides is 1. The zero-order valence-corrected chi connectivity index (χ0v) is 13.5. The summed E-state index contributed by atoms with van der Waals surface area (Å²) in [6.07, 6.45) is 0. The fourth-order valence-corrected chi connectivity index (χ4v) is 4.40. The van der Waals surface area contributed by atoms with Crippen LogP contribution in [0.3, 0.4) is 0 Å². The molecule has 0 fully saturated rings. The molecule has 1 aromatic rings. The van der Waals surface area contributed by atoms with E-state index in [1.165, 1.54) is 6.07 Å². The van der Waals surface area contributed by atoms with E-state index in [2.05, 4.69) is 15.9 Å². The van der Waals surface area contributed by atoms with E-state index in [0.29, 0.717) is 4.47 Å². The van der Waals surface area contributed by atoms with E-state index in [1.807, 2.05) is 6.92 Å². The smallest absolute Gasteiger partial charge is 0.244 e. The van der Waals surface area contributed by atoms with Gasteiger partial charge in [0.05, 0.1) is 11.4 Å². The van der Waals surface area contributed by atoms with E-state index < -0.39 is 15.9 Å². The van der Waals surface area contributed by atoms with E-state index in [9.17, 15) is 13.2 Å². The molecule has 2 N–H and O–H groups in total. The summed E-state index contributed by atoms with van der Waals surface area (Å²) in [5.41, 5.74) is 6.05. The third-order valence-corrected chi connectivity index (χ3v) is 5.56. The molecule has 0 aromatic heterocycles. The fourth-order valence-electron chi connectivity index (χ4n) is 1.64. The second-order valence-electron chi connectivity index (χ2n) is 4.54. The predicted octanol–water partition coefficient (Wildman–Crippen LogP) is 1.64. The summed E-state index contributed by atoms with van der Waals surface area (Å²) in [6, 6.07) is 4.59. The van der Waals surface area contributed by atoms with Crippen molar-refractivity contribution < 1.29 is 13.2 Å². The molecule has 0 aliphatic carbocycles. The van der Waals surface area contributed by atoms with E-state index in [0.717, 1.165) is 9.87 Å². The Bertz CT molecular complexity index is 585. The second kappa shape index (κ2) is 6.02. The topological polar surface area (TPSA) is 80.5 Å². The first kappa shape index (κ1) is 16.1. The quantitative estimate of drug-likeness (QED) is 0.878. The van der Waals surface area contributed by atoms with Crippen LogP contribution in [0.5, 0.6) is 0 Å². The predicted molar refractivity (Wildman–Crippen MR) is 77.1 cm³/mol. The number of carbonyl (C=O) groups excluding carboxylic acids is 1. The Kier molecular flexibility index (Phi) is 5.11. The molecule has 5 nitrogen and oxygen atoms in total. The number of aryl methyl sites for hydroxylation is 1. The summed E-state index contributed by atoms with van der Waals surface area (Å²) in [4.78, 5) is 11.2. The lowest BCUT2D eigenvalue weighted by Crippen LogP contribution is -2.42. The Hall–Kier alpha value is -0.920. The number of nitrogens with zero attached hydrogens (tertiary/aromatic N) is 1. The van der Waals surface area contributed by atoms with Gasteiger partial charge in [-0.15, -0.1) is 0 Å². The number of hydrogen-bond donors (Lipinski definition) is 1. The Morgan fingerprint density at radius 1 is 1.42 bits per heavy atom. The Balaban J connectivity index is 3.30. The van der Waals surface area contributed by atoms with Crippen molar-refractivity contribution in [3.05, 3.63) is 28.2 Å². The summed E-state index contributed by atoms with van der Waals surface area (Å²) in [6.45, 7) is 4.93. The van der Waals surface area contributed by atoms with Crippen LogP contribution in [0.25, 0.3) is 0 Å². The number of benzene rings is 1. The van der Waals surface area contributed by atoms with Gasteiger partial charge in [-0.05, 0) is 54.4 Å². The van der Waals surface area contributed by atoms with Crippen LogP contribution >= 0.6 is 15.9 Å². The average Bonchev–Trinajstić information content (AvgIpc) is 2.24. The van der Waals surface area contributed by atoms with Crippen molar-refractivity contribution in [3.8, 4) is 0 Å². The summed E-state index contributed by atoms with van der Waals surface area (Å²) in [5.74, 6) is -0.680. The van der Waals surface area contributed by atoms with Gasteiger partial charge in [0.1, 0.15) is 0 Å². The minimum Gasteiger partial charge on any atom is -0.369 e. The normalized spacial score (nSPS) is 12.1. The first-order chi connectivity index (χ1) is 8.66. The van der Waals surface area contributed by atoms with Crippen molar-refractivity contribution in [1.82, 2.24) is 4.31 Å². The summed E-state index contributed by atoms with van der Waals surface area (Å²) >= 11 is 3.24. The molecule has 0 heterocycles. The van der Waals surface area contributed by atoms with Gasteiger partial charge in [0.15, 0.2) is 0 Å². The molecule has 0 aliphatic rings. The SMILES string of the molecule is Cc1ccc(S(=O)(=O)N(CC(N)=O)C(C)C)c(Br)c1. The third kappa shape index (κ3) is 3.77. The summed E-state index contributed by atoms with van der Waals surface area (Å²) in [5, 5.41) is 0. The molecule has 1 amide bonds. The standard InChI is InChI=1S/C12H17BrN2O3S/c1-8(2)15(7-12(14)16)19(17,18)11-5-4-9(3)6-10(11)13/h4-6,8H,7H2,1-3H3,(H2,14,16). The maximum absolute atomic E-state index is 12.5. The van der Waals surface area contributed by atoms with Crippen molar-refractivity contribution in [2.24, 2.45) is 5.73 Å². The lowest BCUT2D eigenvalue weighted by Gasteiger charge is -2.25. The molecule has 0 saturated carbocycles. The minimum absolute atomic E-state index is 0.132. The molecule has 0 aliphatic heterocycles. The van der Waals surface area contributed by atoms with E-state index in [1.54, 1.807) is 26.0 Å². The van der Waals surface area contributed by atoms with Gasteiger partial charge in [-0.1, -0.05) is 6.07 Å². The van der Waals surface area contributed by atoms with Crippen molar-refractivity contribution >= 4 is 31.9 Å². The number of carbonyl (C=O) groups is 1. The number of primary amides is 1. The maximum atomic E-state index is 12.5. The molecule has 19 heavy (non-hydrogen) atoms. The highest BCUT2D eigenvalue weighted by Gasteiger charge is 2.29. The molecule has 1 aromatic carbocycles. The number of sulfonamides is 1. The van der Waals surface area contributed by atoms with Gasteiger partial charge in [-0.3, -0.25) is 4.79 Å². The zero-order valence-electron chi connectivity index (χ0n) is 11.1. The van der Waals surface area contributed by atoms with E-state index in [4.69, 9.17) is 5.73 Å². The number of rotatable bonds is 5. The monoisotopic (exact) mass is 348 g/mol. The average molecular weight is 349 g/mol. The summed E-state index contributed by atoms with van der Waals surface area (Å²) < 4.78 is 26.6. The lowest BCUT2D eigenvalue weighted by atomic mass is 10.2. The van der Waals surface area contributed by atoms with Crippen LogP contribution in [-0.4, -0.2) is 31.2 Å². The summed E-state index contributed by atoms with van der Waals surface area (Å²) in [7, 11) is -3.76. The molecule has 106 valence electrons. The van der Waals surface area contributed by atoms with Gasteiger partial charge < -0.3 is 5.73 Å². The number of nitrogens with two attached hydrogens (primary N) is 1. The van der Waals surface area contributed by atoms with Crippen LogP contribution in [-0.2, 0) is 14.8 Å². The first-order valence-electron chi connectivity index (χ1n) is 5.72. The molecule has 0 bridgehead atoms. The molecule has 0 saturated heterocycles. The van der Waals surface area contributed by atoms with Crippen LogP contribution in [0.2, 0.25) is 0 Å². The van der Waals surface area contributed by atoms with Crippen molar-refractivity contribution in [2.45, 2.75) is 31.7 Å². The first-order valence-corrected chi connectivity index (χ1v) is 7.96. The van der Waals surface area contributed by atoms with Crippen LogP contribution in [0.1, 0.15) is 19.4 Å². The molecule has 0 radical (unpaired) electrons. The molecule has 7 heteroatoms. The van der Waals surface area contributed by atoms with Crippen molar-refractivity contribution in [2.75, 3.05) is 6.54 Å². The van der Waals surface area contributed by atoms with Gasteiger partial charge in [0, 0.05) is 10.5 Å². The van der Waals surface area contributed by atoms with Crippen molar-refractivity contribution in [3.63, 3.8) is 0 Å². The zero-order chi connectivity index (χ0) is 14.8. The van der Waals surface area contributed by atoms with Gasteiger partial charge in [-0.25, -0.2) is 8.42 Å². The molecule has 0 unspecified atom stereocenters. The van der Waals surface area contributed by atoms with Crippen LogP contribution in [0, 0.1) is 6.92 Å². The van der Waals surface area contributed by atoms with Gasteiger partial charge >= 0.3 is 0 Å². The van der Waals surface area contributed by atoms with Crippen molar-refractivity contribution in [1.29, 1.82) is 0 Å². The van der Waals surface area contributed by atoms with E-state index >= 15 is 0 Å². The Morgan fingerprint density at radius 2 is 2.00 bits per heavy atom. The second-order valence-corrected chi connectivity index (χ2v) is 7.26. The van der Waals surface area contributed by atoms with Crippen LogP contribution < -0.4 is 5.73 Å². The van der Waals surface area contributed by atoms with Crippen LogP contribution in [0.4, 0.5) is 0 Å². The number of halogens is 1. The Morgan fingerprint density at radius 3 is 2.42 bits per heavy atom. The highest BCUT2D eigenvalue weighted by Crippen LogP contribution is 2.27. The molecule has 0 spiro atoms. The largest absolute Gasteiger partial charge is 0.369 e. The number of hydrogen-bond acceptors (Lipinski definition) is 3. The van der Waals surface area contributed by atoms with Crippen LogP contribution in [0.15, 0.2) is 27.6 Å². The lowest BCUT2D eigenvalue weighted by molar-refractivity contribution is -0.118. The fraction of sp³-hybridized carbons (Fsp3) is 0.417. The highest BCUT2D eigenvalue weighted by molar-refractivity contribution is 9.10. The van der Waals surface area contributed by atoms with Gasteiger partial charge in [0.25, 0.3) is 0 Å². The van der Waals surface area contributed by atoms with E-state index in [-0.39, 0.29) is 17.5 Å². The highest BCUT2D eigenvalue weighted by atomic mass is 79.9. The Labute approximate surface area is 122 Å². The molecule has 1 rings (SSSR count). The maximum Gasteiger partial charge on any atom is 0.244 e.